The normalized spacial score (nSPS) is 14.7. The van der Waals surface area contributed by atoms with Crippen LogP contribution in [-0.4, -0.2) is 30.4 Å². The average molecular weight is 528 g/mol. The third-order valence-electron chi connectivity index (χ3n) is 6.77. The van der Waals surface area contributed by atoms with Gasteiger partial charge in [0.2, 0.25) is 0 Å². The standard InChI is InChI=1S/C29H20O10/c1-35-14-4-6-21-16(8-14)28(34)17(12-37-21)15-9-25(33)38-24-11-20(32)27-19(31)10-23(39-29(27)26(15)24)13-3-5-22(36-2)18(30)7-13/h3-8,10-12,15,30,32H,9H2,1-2H3. The molecule has 3 heterocycles. The van der Waals surface area contributed by atoms with Gasteiger partial charge in [0.1, 0.15) is 39.6 Å². The number of carbonyl (C=O) groups is 1. The van der Waals surface area contributed by atoms with Crippen LogP contribution in [0.15, 0.2) is 73.2 Å². The lowest BCUT2D eigenvalue weighted by Crippen LogP contribution is -2.25. The van der Waals surface area contributed by atoms with E-state index in [9.17, 15) is 24.6 Å². The Labute approximate surface area is 219 Å². The maximum atomic E-state index is 13.6. The zero-order valence-electron chi connectivity index (χ0n) is 20.6. The molecule has 3 aromatic carbocycles. The highest BCUT2D eigenvalue weighted by atomic mass is 16.5. The zero-order valence-corrected chi connectivity index (χ0v) is 20.6. The molecule has 0 spiro atoms. The van der Waals surface area contributed by atoms with Crippen molar-refractivity contribution in [2.45, 2.75) is 12.3 Å². The molecule has 0 radical (unpaired) electrons. The molecule has 2 N–H and O–H groups in total. The number of rotatable bonds is 4. The molecule has 39 heavy (non-hydrogen) atoms. The molecule has 1 aliphatic heterocycles. The van der Waals surface area contributed by atoms with Gasteiger partial charge in [-0.2, -0.15) is 0 Å². The third-order valence-corrected chi connectivity index (χ3v) is 6.77. The predicted octanol–water partition coefficient (Wildman–Crippen LogP) is 4.44. The first-order chi connectivity index (χ1) is 18.8. The van der Waals surface area contributed by atoms with Crippen LogP contribution in [0.4, 0.5) is 0 Å². The topological polar surface area (TPSA) is 146 Å². The van der Waals surface area contributed by atoms with Crippen LogP contribution in [0.2, 0.25) is 0 Å². The second-order valence-corrected chi connectivity index (χ2v) is 8.99. The van der Waals surface area contributed by atoms with E-state index in [1.54, 1.807) is 18.2 Å². The summed E-state index contributed by atoms with van der Waals surface area (Å²) in [6.45, 7) is 0. The molecule has 2 aromatic heterocycles. The van der Waals surface area contributed by atoms with Gasteiger partial charge in [0.05, 0.1) is 32.3 Å². The van der Waals surface area contributed by atoms with E-state index < -0.39 is 28.5 Å². The van der Waals surface area contributed by atoms with Crippen LogP contribution in [0, 0.1) is 0 Å². The summed E-state index contributed by atoms with van der Waals surface area (Å²) in [6.07, 6.45) is 1.02. The number of hydrogen-bond donors (Lipinski definition) is 2. The molecule has 1 unspecified atom stereocenters. The Morgan fingerprint density at radius 3 is 2.49 bits per heavy atom. The third kappa shape index (κ3) is 3.84. The van der Waals surface area contributed by atoms with Crippen molar-refractivity contribution < 1.29 is 38.1 Å². The van der Waals surface area contributed by atoms with Gasteiger partial charge in [-0.05, 0) is 36.4 Å². The van der Waals surface area contributed by atoms with Crippen LogP contribution in [-0.2, 0) is 4.79 Å². The van der Waals surface area contributed by atoms with Crippen molar-refractivity contribution in [3.8, 4) is 40.1 Å². The van der Waals surface area contributed by atoms with Gasteiger partial charge in [-0.3, -0.25) is 14.4 Å². The van der Waals surface area contributed by atoms with Crippen molar-refractivity contribution in [1.29, 1.82) is 0 Å². The van der Waals surface area contributed by atoms with Crippen molar-refractivity contribution in [2.24, 2.45) is 0 Å². The van der Waals surface area contributed by atoms with Crippen LogP contribution in [0.25, 0.3) is 33.3 Å². The summed E-state index contributed by atoms with van der Waals surface area (Å²) < 4.78 is 27.6. The maximum absolute atomic E-state index is 13.6. The van der Waals surface area contributed by atoms with Crippen molar-refractivity contribution in [3.63, 3.8) is 0 Å². The maximum Gasteiger partial charge on any atom is 0.312 e. The number of carbonyl (C=O) groups excluding carboxylic acids is 1. The number of hydrogen-bond acceptors (Lipinski definition) is 10. The van der Waals surface area contributed by atoms with Gasteiger partial charge in [-0.1, -0.05) is 0 Å². The Hall–Kier alpha value is -5.25. The highest BCUT2D eigenvalue weighted by molar-refractivity contribution is 5.93. The SMILES string of the molecule is COc1ccc2occ(C3CC(=O)Oc4cc(O)c5c(=O)cc(-c6ccc(OC)c(O)c6)oc5c43)c(=O)c2c1. The minimum Gasteiger partial charge on any atom is -0.507 e. The molecule has 0 saturated heterocycles. The molecule has 0 amide bonds. The van der Waals surface area contributed by atoms with Gasteiger partial charge in [0, 0.05) is 34.7 Å². The first-order valence-corrected chi connectivity index (χ1v) is 11.8. The predicted molar refractivity (Wildman–Crippen MR) is 139 cm³/mol. The van der Waals surface area contributed by atoms with Gasteiger partial charge in [-0.15, -0.1) is 0 Å². The second-order valence-electron chi connectivity index (χ2n) is 8.99. The van der Waals surface area contributed by atoms with Crippen molar-refractivity contribution in [2.75, 3.05) is 14.2 Å². The van der Waals surface area contributed by atoms with Crippen LogP contribution in [0.3, 0.4) is 0 Å². The minimum atomic E-state index is -0.918. The summed E-state index contributed by atoms with van der Waals surface area (Å²) >= 11 is 0. The van der Waals surface area contributed by atoms with Gasteiger partial charge < -0.3 is 33.3 Å². The molecule has 5 aromatic rings. The smallest absolute Gasteiger partial charge is 0.312 e. The van der Waals surface area contributed by atoms with Crippen molar-refractivity contribution >= 4 is 27.9 Å². The van der Waals surface area contributed by atoms with E-state index in [1.165, 1.54) is 44.7 Å². The lowest BCUT2D eigenvalue weighted by Gasteiger charge is -2.25. The lowest BCUT2D eigenvalue weighted by atomic mass is 9.85. The molecule has 10 heteroatoms. The Morgan fingerprint density at radius 1 is 0.923 bits per heavy atom. The molecular formula is C29H20O10. The van der Waals surface area contributed by atoms with E-state index in [-0.39, 0.29) is 56.9 Å². The molecule has 0 saturated carbocycles. The van der Waals surface area contributed by atoms with Crippen LogP contribution in [0.5, 0.6) is 28.7 Å². The second kappa shape index (κ2) is 8.95. The fourth-order valence-corrected chi connectivity index (χ4v) is 4.90. The number of esters is 1. The number of fused-ring (bicyclic) bond motifs is 4. The number of phenols is 2. The number of methoxy groups -OCH3 is 2. The largest absolute Gasteiger partial charge is 0.507 e. The van der Waals surface area contributed by atoms with E-state index in [4.69, 9.17) is 23.0 Å². The molecule has 10 nitrogen and oxygen atoms in total. The molecule has 196 valence electrons. The highest BCUT2D eigenvalue weighted by Gasteiger charge is 2.35. The van der Waals surface area contributed by atoms with Gasteiger partial charge in [0.25, 0.3) is 0 Å². The summed E-state index contributed by atoms with van der Waals surface area (Å²) in [7, 11) is 2.88. The average Bonchev–Trinajstić information content (AvgIpc) is 2.92. The molecule has 0 fully saturated rings. The summed E-state index contributed by atoms with van der Waals surface area (Å²) in [5.41, 5.74) is 0.00109. The quantitative estimate of drug-likeness (QED) is 0.254. The van der Waals surface area contributed by atoms with Crippen LogP contribution in [0.1, 0.15) is 23.5 Å². The first kappa shape index (κ1) is 24.1. The first-order valence-electron chi connectivity index (χ1n) is 11.8. The fraction of sp³-hybridized carbons (Fsp3) is 0.138. The van der Waals surface area contributed by atoms with Gasteiger partial charge in [0.15, 0.2) is 22.4 Å². The van der Waals surface area contributed by atoms with E-state index in [2.05, 4.69) is 0 Å². The Kier molecular flexibility index (Phi) is 5.53. The number of ether oxygens (including phenoxy) is 3. The number of phenolic OH excluding ortho intramolecular Hbond substituents is 2. The highest BCUT2D eigenvalue weighted by Crippen LogP contribution is 2.46. The summed E-state index contributed by atoms with van der Waals surface area (Å²) in [5.74, 6) is -1.49. The molecule has 1 atom stereocenters. The summed E-state index contributed by atoms with van der Waals surface area (Å²) in [4.78, 5) is 39.4. The Balaban J connectivity index is 1.63. The van der Waals surface area contributed by atoms with Gasteiger partial charge >= 0.3 is 5.97 Å². The molecule has 0 bridgehead atoms. The Bertz CT molecular complexity index is 1930. The Morgan fingerprint density at radius 2 is 1.74 bits per heavy atom. The van der Waals surface area contributed by atoms with Crippen LogP contribution < -0.4 is 25.1 Å². The van der Waals surface area contributed by atoms with E-state index in [0.717, 1.165) is 6.07 Å². The number of benzene rings is 3. The van der Waals surface area contributed by atoms with E-state index in [0.29, 0.717) is 16.9 Å². The zero-order chi connectivity index (χ0) is 27.4. The van der Waals surface area contributed by atoms with E-state index in [1.807, 2.05) is 0 Å². The molecule has 0 aliphatic carbocycles. The fourth-order valence-electron chi connectivity index (χ4n) is 4.90. The molecule has 6 rings (SSSR count). The summed E-state index contributed by atoms with van der Waals surface area (Å²) in [6, 6.07) is 11.6. The van der Waals surface area contributed by atoms with Crippen LogP contribution >= 0.6 is 0 Å². The number of aromatic hydroxyl groups is 2. The monoisotopic (exact) mass is 528 g/mol. The minimum absolute atomic E-state index is 0.0516. The van der Waals surface area contributed by atoms with Gasteiger partial charge in [-0.25, -0.2) is 0 Å². The molecule has 1 aliphatic rings. The van der Waals surface area contributed by atoms with E-state index >= 15 is 0 Å². The van der Waals surface area contributed by atoms with Crippen molar-refractivity contribution in [3.05, 3.63) is 86.4 Å². The lowest BCUT2D eigenvalue weighted by molar-refractivity contribution is -0.135. The van der Waals surface area contributed by atoms with Crippen molar-refractivity contribution in [1.82, 2.24) is 0 Å². The summed E-state index contributed by atoms with van der Waals surface area (Å²) in [5, 5.41) is 21.0. The molecular weight excluding hydrogens is 508 g/mol.